The lowest BCUT2D eigenvalue weighted by atomic mass is 10.1. The van der Waals surface area contributed by atoms with Crippen LogP contribution in [-0.4, -0.2) is 8.07 Å². The highest BCUT2D eigenvalue weighted by Gasteiger charge is 2.25. The predicted octanol–water partition coefficient (Wildman–Crippen LogP) is 4.10. The van der Waals surface area contributed by atoms with Gasteiger partial charge in [0, 0.05) is 0 Å². The van der Waals surface area contributed by atoms with Crippen molar-refractivity contribution in [1.29, 1.82) is 0 Å². The fraction of sp³-hybridized carbons (Fsp3) is 0.143. The molecular formula is C21H22Si. The van der Waals surface area contributed by atoms with Gasteiger partial charge < -0.3 is 0 Å². The van der Waals surface area contributed by atoms with E-state index in [0.717, 1.165) is 6.42 Å². The van der Waals surface area contributed by atoms with Crippen molar-refractivity contribution in [1.82, 2.24) is 0 Å². The third kappa shape index (κ3) is 3.20. The van der Waals surface area contributed by atoms with Gasteiger partial charge in [0.2, 0.25) is 0 Å². The van der Waals surface area contributed by atoms with Crippen LogP contribution in [0.5, 0.6) is 0 Å². The van der Waals surface area contributed by atoms with Gasteiger partial charge in [-0.2, -0.15) is 0 Å². The molecule has 0 saturated heterocycles. The molecule has 0 saturated carbocycles. The molecule has 0 atom stereocenters. The summed E-state index contributed by atoms with van der Waals surface area (Å²) in [4.78, 5) is 0. The molecule has 3 aromatic rings. The molecule has 0 aliphatic rings. The van der Waals surface area contributed by atoms with E-state index in [0.29, 0.717) is 0 Å². The van der Waals surface area contributed by atoms with Crippen molar-refractivity contribution in [2.75, 3.05) is 0 Å². The minimum atomic E-state index is -1.57. The van der Waals surface area contributed by atoms with Crippen LogP contribution in [0.3, 0.4) is 0 Å². The summed E-state index contributed by atoms with van der Waals surface area (Å²) in [5, 5.41) is 2.99. The fourth-order valence-electron chi connectivity index (χ4n) is 2.89. The van der Waals surface area contributed by atoms with Gasteiger partial charge in [-0.3, -0.25) is 0 Å². The molecule has 0 unspecified atom stereocenters. The maximum Gasteiger partial charge on any atom is 0.112 e. The smallest absolute Gasteiger partial charge is 0.0626 e. The third-order valence-electron chi connectivity index (χ3n) is 4.42. The average molecular weight is 302 g/mol. The Morgan fingerprint density at radius 1 is 0.545 bits per heavy atom. The van der Waals surface area contributed by atoms with Crippen molar-refractivity contribution in [3.8, 4) is 0 Å². The first-order valence-electron chi connectivity index (χ1n) is 7.85. The lowest BCUT2D eigenvalue weighted by Gasteiger charge is -2.24. The molecule has 110 valence electrons. The van der Waals surface area contributed by atoms with Crippen LogP contribution >= 0.6 is 0 Å². The Bertz CT molecular complexity index is 713. The van der Waals surface area contributed by atoms with Crippen molar-refractivity contribution >= 4 is 18.4 Å². The van der Waals surface area contributed by atoms with Gasteiger partial charge in [-0.1, -0.05) is 108 Å². The van der Waals surface area contributed by atoms with E-state index in [9.17, 15) is 0 Å². The number of hydrogen-bond acceptors (Lipinski definition) is 0. The number of hydrogen-bond donors (Lipinski definition) is 0. The monoisotopic (exact) mass is 302 g/mol. The lowest BCUT2D eigenvalue weighted by Crippen LogP contribution is -2.52. The van der Waals surface area contributed by atoms with E-state index in [2.05, 4.69) is 98.0 Å². The van der Waals surface area contributed by atoms with Crippen molar-refractivity contribution in [2.24, 2.45) is 0 Å². The van der Waals surface area contributed by atoms with E-state index in [-0.39, 0.29) is 0 Å². The van der Waals surface area contributed by atoms with Gasteiger partial charge in [0.05, 0.1) is 0 Å². The highest BCUT2D eigenvalue weighted by Crippen LogP contribution is 2.10. The molecule has 1 heteroatoms. The highest BCUT2D eigenvalue weighted by molar-refractivity contribution is 7.00. The van der Waals surface area contributed by atoms with Gasteiger partial charge in [0.25, 0.3) is 0 Å². The number of benzene rings is 3. The summed E-state index contributed by atoms with van der Waals surface area (Å²) < 4.78 is 0. The quantitative estimate of drug-likeness (QED) is 0.637. The molecule has 0 aliphatic carbocycles. The molecule has 0 radical (unpaired) electrons. The van der Waals surface area contributed by atoms with Gasteiger partial charge in [-0.15, -0.1) is 0 Å². The molecule has 0 nitrogen and oxygen atoms in total. The first kappa shape index (κ1) is 14.8. The second-order valence-corrected chi connectivity index (χ2v) is 10.8. The lowest BCUT2D eigenvalue weighted by molar-refractivity contribution is 1.20. The Hall–Kier alpha value is -2.12. The van der Waals surface area contributed by atoms with E-state index in [1.807, 2.05) is 0 Å². The zero-order chi connectivity index (χ0) is 15.4. The number of rotatable bonds is 4. The summed E-state index contributed by atoms with van der Waals surface area (Å²) in [6, 6.07) is 30.8. The maximum atomic E-state index is 2.43. The van der Waals surface area contributed by atoms with Gasteiger partial charge >= 0.3 is 0 Å². The zero-order valence-corrected chi connectivity index (χ0v) is 14.3. The normalized spacial score (nSPS) is 11.4. The summed E-state index contributed by atoms with van der Waals surface area (Å²) >= 11 is 0. The van der Waals surface area contributed by atoms with E-state index in [1.165, 1.54) is 21.5 Å². The van der Waals surface area contributed by atoms with Crippen molar-refractivity contribution in [2.45, 2.75) is 19.5 Å². The predicted molar refractivity (Wildman–Crippen MR) is 98.9 cm³/mol. The van der Waals surface area contributed by atoms with Crippen LogP contribution in [0.1, 0.15) is 11.1 Å². The molecule has 0 bridgehead atoms. The molecular weight excluding hydrogens is 280 g/mol. The topological polar surface area (TPSA) is 0 Å². The van der Waals surface area contributed by atoms with Gasteiger partial charge in [-0.05, 0) is 17.5 Å². The van der Waals surface area contributed by atoms with E-state index in [4.69, 9.17) is 0 Å². The van der Waals surface area contributed by atoms with Gasteiger partial charge in [0.1, 0.15) is 8.07 Å². The van der Waals surface area contributed by atoms with E-state index >= 15 is 0 Å². The first-order chi connectivity index (χ1) is 10.7. The van der Waals surface area contributed by atoms with Crippen LogP contribution in [0.4, 0.5) is 0 Å². The summed E-state index contributed by atoms with van der Waals surface area (Å²) in [6.45, 7) is 4.85. The Morgan fingerprint density at radius 3 is 1.59 bits per heavy atom. The van der Waals surface area contributed by atoms with Gasteiger partial charge in [-0.25, -0.2) is 0 Å². The molecule has 3 rings (SSSR count). The van der Waals surface area contributed by atoms with Crippen molar-refractivity contribution in [3.05, 3.63) is 96.1 Å². The molecule has 0 N–H and O–H groups in total. The Kier molecular flexibility index (Phi) is 4.26. The summed E-state index contributed by atoms with van der Waals surface area (Å²) in [5.74, 6) is 0. The molecule has 0 aromatic heterocycles. The van der Waals surface area contributed by atoms with Crippen molar-refractivity contribution in [3.63, 3.8) is 0 Å². The van der Waals surface area contributed by atoms with E-state index in [1.54, 1.807) is 0 Å². The molecule has 0 amide bonds. The summed E-state index contributed by atoms with van der Waals surface area (Å²) in [5.41, 5.74) is 2.75. The minimum Gasteiger partial charge on any atom is -0.0626 e. The van der Waals surface area contributed by atoms with Crippen LogP contribution in [0.25, 0.3) is 0 Å². The minimum absolute atomic E-state index is 1.01. The molecule has 0 spiro atoms. The third-order valence-corrected chi connectivity index (χ3v) is 7.98. The largest absolute Gasteiger partial charge is 0.112 e. The second kappa shape index (κ2) is 6.33. The van der Waals surface area contributed by atoms with Crippen LogP contribution in [0, 0.1) is 0 Å². The fourth-order valence-corrected chi connectivity index (χ4v) is 5.25. The summed E-state index contributed by atoms with van der Waals surface area (Å²) in [6.07, 6.45) is 1.01. The summed E-state index contributed by atoms with van der Waals surface area (Å²) in [7, 11) is -1.57. The molecule has 0 aliphatic heterocycles. The van der Waals surface area contributed by atoms with Gasteiger partial charge in [0.15, 0.2) is 0 Å². The SMILES string of the molecule is C[Si](C)(c1ccccc1)c1ccc(Cc2ccccc2)cc1. The Labute approximate surface area is 134 Å². The molecule has 3 aromatic carbocycles. The van der Waals surface area contributed by atoms with Crippen LogP contribution in [-0.2, 0) is 6.42 Å². The zero-order valence-electron chi connectivity index (χ0n) is 13.3. The highest BCUT2D eigenvalue weighted by atomic mass is 28.3. The second-order valence-electron chi connectivity index (χ2n) is 6.35. The Balaban J connectivity index is 1.82. The average Bonchev–Trinajstić information content (AvgIpc) is 2.57. The molecule has 22 heavy (non-hydrogen) atoms. The maximum absolute atomic E-state index is 2.43. The molecule has 0 heterocycles. The molecule has 0 fully saturated rings. The first-order valence-corrected chi connectivity index (χ1v) is 10.8. The van der Waals surface area contributed by atoms with Crippen molar-refractivity contribution < 1.29 is 0 Å². The Morgan fingerprint density at radius 2 is 1.00 bits per heavy atom. The van der Waals surface area contributed by atoms with E-state index < -0.39 is 8.07 Å². The standard InChI is InChI=1S/C21H22Si/c1-22(2,20-11-7-4-8-12-20)21-15-13-19(14-16-21)17-18-9-5-3-6-10-18/h3-16H,17H2,1-2H3. The van der Waals surface area contributed by atoms with Crippen LogP contribution < -0.4 is 10.4 Å². The van der Waals surface area contributed by atoms with Crippen LogP contribution in [0.2, 0.25) is 13.1 Å². The van der Waals surface area contributed by atoms with Crippen LogP contribution in [0.15, 0.2) is 84.9 Å².